The van der Waals surface area contributed by atoms with Gasteiger partial charge in [-0.15, -0.1) is 0 Å². The van der Waals surface area contributed by atoms with Crippen LogP contribution in [-0.2, 0) is 14.4 Å². The summed E-state index contributed by atoms with van der Waals surface area (Å²) in [5.41, 5.74) is 0. The molecular formula is C10H15F3N2O3. The molecule has 1 N–H and O–H groups in total. The van der Waals surface area contributed by atoms with E-state index >= 15 is 0 Å². The fraction of sp³-hybridized carbons (Fsp3) is 0.800. The smallest absolute Gasteiger partial charge is 0.338 e. The average Bonchev–Trinajstić information content (AvgIpc) is 2.23. The van der Waals surface area contributed by atoms with Crippen molar-refractivity contribution in [3.63, 3.8) is 0 Å². The van der Waals surface area contributed by atoms with E-state index in [1.54, 1.807) is 0 Å². The van der Waals surface area contributed by atoms with Crippen LogP contribution in [-0.4, -0.2) is 42.2 Å². The highest BCUT2D eigenvalue weighted by atomic mass is 19.4. The van der Waals surface area contributed by atoms with E-state index in [9.17, 15) is 22.8 Å². The number of amides is 1. The maximum atomic E-state index is 12.4. The van der Waals surface area contributed by atoms with Gasteiger partial charge in [-0.3, -0.25) is 9.59 Å². The van der Waals surface area contributed by atoms with Crippen LogP contribution in [0.5, 0.6) is 0 Å². The molecule has 104 valence electrons. The summed E-state index contributed by atoms with van der Waals surface area (Å²) in [7, 11) is 0. The van der Waals surface area contributed by atoms with E-state index in [1.165, 1.54) is 0 Å². The van der Waals surface area contributed by atoms with Gasteiger partial charge in [0.1, 0.15) is 0 Å². The Morgan fingerprint density at radius 2 is 1.94 bits per heavy atom. The minimum absolute atomic E-state index is 0.0999. The molecule has 0 aromatic carbocycles. The van der Waals surface area contributed by atoms with Gasteiger partial charge >= 0.3 is 18.1 Å². The molecule has 0 bridgehead atoms. The SMILES string of the molecule is CC(=O)ON(C(=O)C(F)(F)F)C1CNCC(C)C1. The molecule has 0 aromatic heterocycles. The minimum atomic E-state index is -5.06. The minimum Gasteiger partial charge on any atom is -0.338 e. The van der Waals surface area contributed by atoms with Crippen LogP contribution in [0.3, 0.4) is 0 Å². The van der Waals surface area contributed by atoms with Crippen LogP contribution >= 0.6 is 0 Å². The molecule has 1 heterocycles. The number of nitrogens with one attached hydrogen (secondary N) is 1. The quantitative estimate of drug-likeness (QED) is 0.716. The Hall–Kier alpha value is -1.31. The fourth-order valence-electron chi connectivity index (χ4n) is 1.85. The first-order valence-electron chi connectivity index (χ1n) is 5.51. The highest BCUT2D eigenvalue weighted by Crippen LogP contribution is 2.23. The van der Waals surface area contributed by atoms with Crippen LogP contribution in [0.15, 0.2) is 0 Å². The third kappa shape index (κ3) is 3.86. The Kier molecular flexibility index (Phi) is 4.55. The van der Waals surface area contributed by atoms with Gasteiger partial charge in [0.25, 0.3) is 0 Å². The Morgan fingerprint density at radius 3 is 2.39 bits per heavy atom. The Morgan fingerprint density at radius 1 is 1.33 bits per heavy atom. The predicted octanol–water partition coefficient (Wildman–Crippen LogP) is 0.853. The van der Waals surface area contributed by atoms with Crippen molar-refractivity contribution < 1.29 is 27.6 Å². The van der Waals surface area contributed by atoms with E-state index in [2.05, 4.69) is 10.2 Å². The van der Waals surface area contributed by atoms with E-state index in [0.29, 0.717) is 13.0 Å². The van der Waals surface area contributed by atoms with Gasteiger partial charge in [-0.25, -0.2) is 0 Å². The average molecular weight is 268 g/mol. The van der Waals surface area contributed by atoms with Crippen molar-refractivity contribution in [2.45, 2.75) is 32.5 Å². The maximum absolute atomic E-state index is 12.4. The molecule has 1 fully saturated rings. The number of piperidine rings is 1. The third-order valence-corrected chi connectivity index (χ3v) is 2.55. The molecule has 1 aliphatic rings. The largest absolute Gasteiger partial charge is 0.474 e. The Bertz CT molecular complexity index is 333. The first-order chi connectivity index (χ1) is 8.21. The van der Waals surface area contributed by atoms with Crippen molar-refractivity contribution in [2.75, 3.05) is 13.1 Å². The summed E-state index contributed by atoms with van der Waals surface area (Å²) in [6.07, 6.45) is -4.71. The van der Waals surface area contributed by atoms with Gasteiger partial charge in [-0.1, -0.05) is 6.92 Å². The topological polar surface area (TPSA) is 58.6 Å². The molecule has 0 radical (unpaired) electrons. The highest BCUT2D eigenvalue weighted by molar-refractivity contribution is 5.82. The first kappa shape index (κ1) is 14.7. The molecule has 0 aromatic rings. The van der Waals surface area contributed by atoms with E-state index in [0.717, 1.165) is 6.92 Å². The lowest BCUT2D eigenvalue weighted by Gasteiger charge is -2.35. The number of rotatable bonds is 1. The summed E-state index contributed by atoms with van der Waals surface area (Å²) < 4.78 is 37.2. The monoisotopic (exact) mass is 268 g/mol. The second kappa shape index (κ2) is 5.55. The molecule has 0 spiro atoms. The van der Waals surface area contributed by atoms with Crippen molar-refractivity contribution in [1.29, 1.82) is 0 Å². The lowest BCUT2D eigenvalue weighted by Crippen LogP contribution is -2.54. The van der Waals surface area contributed by atoms with Crippen molar-refractivity contribution in [2.24, 2.45) is 5.92 Å². The summed E-state index contributed by atoms with van der Waals surface area (Å²) in [5, 5.41) is 3.04. The zero-order valence-corrected chi connectivity index (χ0v) is 10.1. The second-order valence-corrected chi connectivity index (χ2v) is 4.36. The summed E-state index contributed by atoms with van der Waals surface area (Å²) in [6.45, 7) is 3.61. The van der Waals surface area contributed by atoms with Crippen molar-refractivity contribution in [3.05, 3.63) is 0 Å². The van der Waals surface area contributed by atoms with Crippen molar-refractivity contribution >= 4 is 11.9 Å². The van der Waals surface area contributed by atoms with Gasteiger partial charge in [0, 0.05) is 13.5 Å². The number of alkyl halides is 3. The summed E-state index contributed by atoms with van der Waals surface area (Å²) in [6, 6.07) is -0.799. The fourth-order valence-corrected chi connectivity index (χ4v) is 1.85. The van der Waals surface area contributed by atoms with Gasteiger partial charge in [-0.2, -0.15) is 18.2 Å². The number of carbonyl (C=O) groups excluding carboxylic acids is 2. The molecule has 1 amide bonds. The molecule has 0 aliphatic carbocycles. The van der Waals surface area contributed by atoms with Crippen LogP contribution in [0, 0.1) is 5.92 Å². The van der Waals surface area contributed by atoms with E-state index in [4.69, 9.17) is 0 Å². The van der Waals surface area contributed by atoms with Crippen LogP contribution in [0.25, 0.3) is 0 Å². The van der Waals surface area contributed by atoms with Crippen LogP contribution < -0.4 is 5.32 Å². The van der Waals surface area contributed by atoms with E-state index in [-0.39, 0.29) is 17.5 Å². The number of nitrogens with zero attached hydrogens (tertiary/aromatic N) is 1. The molecule has 0 saturated carbocycles. The zero-order valence-electron chi connectivity index (χ0n) is 10.1. The van der Waals surface area contributed by atoms with Gasteiger partial charge in [0.05, 0.1) is 6.04 Å². The van der Waals surface area contributed by atoms with Crippen LogP contribution in [0.2, 0.25) is 0 Å². The highest BCUT2D eigenvalue weighted by Gasteiger charge is 2.47. The van der Waals surface area contributed by atoms with E-state index < -0.39 is 24.1 Å². The summed E-state index contributed by atoms with van der Waals surface area (Å²) in [4.78, 5) is 26.4. The maximum Gasteiger partial charge on any atom is 0.474 e. The number of halogens is 3. The van der Waals surface area contributed by atoms with Gasteiger partial charge < -0.3 is 10.2 Å². The molecule has 2 unspecified atom stereocenters. The number of hydroxylamine groups is 2. The predicted molar refractivity (Wildman–Crippen MR) is 55.1 cm³/mol. The van der Waals surface area contributed by atoms with E-state index in [1.807, 2.05) is 6.92 Å². The van der Waals surface area contributed by atoms with Crippen molar-refractivity contribution in [3.8, 4) is 0 Å². The van der Waals surface area contributed by atoms with Crippen LogP contribution in [0.1, 0.15) is 20.3 Å². The molecule has 5 nitrogen and oxygen atoms in total. The lowest BCUT2D eigenvalue weighted by atomic mass is 9.97. The number of hydrogen-bond acceptors (Lipinski definition) is 4. The second-order valence-electron chi connectivity index (χ2n) is 4.36. The van der Waals surface area contributed by atoms with Gasteiger partial charge in [0.15, 0.2) is 0 Å². The lowest BCUT2D eigenvalue weighted by molar-refractivity contribution is -0.237. The first-order valence-corrected chi connectivity index (χ1v) is 5.51. The Labute approximate surface area is 102 Å². The van der Waals surface area contributed by atoms with Gasteiger partial charge in [-0.05, 0) is 18.9 Å². The number of carbonyl (C=O) groups is 2. The molecular weight excluding hydrogens is 253 g/mol. The normalized spacial score (nSPS) is 24.5. The van der Waals surface area contributed by atoms with Crippen molar-refractivity contribution in [1.82, 2.24) is 10.4 Å². The molecule has 2 atom stereocenters. The van der Waals surface area contributed by atoms with Crippen LogP contribution in [0.4, 0.5) is 13.2 Å². The van der Waals surface area contributed by atoms with Gasteiger partial charge in [0.2, 0.25) is 0 Å². The molecule has 1 aliphatic heterocycles. The summed E-state index contributed by atoms with van der Waals surface area (Å²) >= 11 is 0. The standard InChI is InChI=1S/C10H15F3N2O3/c1-6-3-8(5-14-4-6)15(18-7(2)16)9(17)10(11,12)13/h6,8,14H,3-5H2,1-2H3. The number of hydrogen-bond donors (Lipinski definition) is 1. The molecule has 18 heavy (non-hydrogen) atoms. The molecule has 1 saturated heterocycles. The third-order valence-electron chi connectivity index (χ3n) is 2.55. The molecule has 8 heteroatoms. The molecule has 1 rings (SSSR count). The summed E-state index contributed by atoms with van der Waals surface area (Å²) in [5.74, 6) is -3.01. The Balaban J connectivity index is 2.83. The zero-order chi connectivity index (χ0) is 13.9.